The molecule has 0 spiro atoms. The summed E-state index contributed by atoms with van der Waals surface area (Å²) in [6, 6.07) is 10.9. The van der Waals surface area contributed by atoms with Gasteiger partial charge in [0.25, 0.3) is 0 Å². The van der Waals surface area contributed by atoms with Crippen LogP contribution in [0.15, 0.2) is 48.5 Å². The lowest BCUT2D eigenvalue weighted by Gasteiger charge is -2.17. The van der Waals surface area contributed by atoms with Crippen LogP contribution in [-0.4, -0.2) is 19.7 Å². The molecule has 0 unspecified atom stereocenters. The topological polar surface area (TPSA) is 50.4 Å². The van der Waals surface area contributed by atoms with Crippen molar-refractivity contribution in [3.8, 4) is 0 Å². The second kappa shape index (κ2) is 7.51. The van der Waals surface area contributed by atoms with Crippen molar-refractivity contribution in [3.05, 3.63) is 65.7 Å². The number of benzene rings is 2. The highest BCUT2D eigenvalue weighted by Gasteiger charge is 2.12. The lowest BCUT2D eigenvalue weighted by atomic mass is 10.1. The van der Waals surface area contributed by atoms with E-state index in [0.717, 1.165) is 0 Å². The lowest BCUT2D eigenvalue weighted by molar-refractivity contribution is 0.104. The molecule has 0 fully saturated rings. The van der Waals surface area contributed by atoms with Gasteiger partial charge in [-0.3, -0.25) is 0 Å². The number of urea groups is 1. The molecule has 0 saturated carbocycles. The van der Waals surface area contributed by atoms with Gasteiger partial charge in [0, 0.05) is 19.3 Å². The number of methoxy groups -OCH3 is 1. The zero-order valence-electron chi connectivity index (χ0n) is 12.0. The molecule has 0 aliphatic heterocycles. The van der Waals surface area contributed by atoms with Crippen LogP contribution in [0.3, 0.4) is 0 Å². The third-order valence-corrected chi connectivity index (χ3v) is 3.06. The summed E-state index contributed by atoms with van der Waals surface area (Å²) in [4.78, 5) is 11.8. The molecule has 0 aliphatic rings. The average molecular weight is 306 g/mol. The van der Waals surface area contributed by atoms with E-state index in [4.69, 9.17) is 4.74 Å². The van der Waals surface area contributed by atoms with Crippen molar-refractivity contribution in [1.29, 1.82) is 0 Å². The predicted octanol–water partition coefficient (Wildman–Crippen LogP) is 3.47. The largest absolute Gasteiger partial charge is 0.375 e. The number of halogens is 2. The molecule has 1 atom stereocenters. The first kappa shape index (κ1) is 15.9. The molecule has 6 heteroatoms. The molecule has 0 aromatic heterocycles. The molecule has 0 heterocycles. The van der Waals surface area contributed by atoms with Gasteiger partial charge in [-0.25, -0.2) is 13.6 Å². The summed E-state index contributed by atoms with van der Waals surface area (Å²) in [7, 11) is 1.48. The van der Waals surface area contributed by atoms with Crippen LogP contribution < -0.4 is 10.6 Å². The van der Waals surface area contributed by atoms with Gasteiger partial charge in [0.1, 0.15) is 11.6 Å². The van der Waals surface area contributed by atoms with Gasteiger partial charge in [-0.05, 0) is 42.0 Å². The first-order chi connectivity index (χ1) is 10.6. The summed E-state index contributed by atoms with van der Waals surface area (Å²) in [5.41, 5.74) is 1.10. The Kier molecular flexibility index (Phi) is 5.43. The first-order valence-corrected chi connectivity index (χ1v) is 6.67. The Morgan fingerprint density at radius 3 is 2.50 bits per heavy atom. The van der Waals surface area contributed by atoms with E-state index in [1.165, 1.54) is 43.5 Å². The van der Waals surface area contributed by atoms with Gasteiger partial charge < -0.3 is 15.4 Å². The summed E-state index contributed by atoms with van der Waals surface area (Å²) >= 11 is 0. The number of carbonyl (C=O) groups is 1. The monoisotopic (exact) mass is 306 g/mol. The highest BCUT2D eigenvalue weighted by atomic mass is 19.1. The van der Waals surface area contributed by atoms with E-state index in [2.05, 4.69) is 10.6 Å². The molecule has 0 radical (unpaired) electrons. The van der Waals surface area contributed by atoms with Gasteiger partial charge in [0.2, 0.25) is 0 Å². The van der Waals surface area contributed by atoms with Crippen LogP contribution in [0.25, 0.3) is 0 Å². The van der Waals surface area contributed by atoms with E-state index < -0.39 is 12.1 Å². The molecule has 0 saturated heterocycles. The smallest absolute Gasteiger partial charge is 0.319 e. The molecular weight excluding hydrogens is 290 g/mol. The Balaban J connectivity index is 1.90. The zero-order chi connectivity index (χ0) is 15.9. The summed E-state index contributed by atoms with van der Waals surface area (Å²) in [5.74, 6) is -0.744. The van der Waals surface area contributed by atoms with Crippen molar-refractivity contribution in [2.24, 2.45) is 0 Å². The Morgan fingerprint density at radius 2 is 1.86 bits per heavy atom. The Bertz CT molecular complexity index is 632. The fourth-order valence-corrected chi connectivity index (χ4v) is 1.94. The van der Waals surface area contributed by atoms with Crippen molar-refractivity contribution in [3.63, 3.8) is 0 Å². The van der Waals surface area contributed by atoms with E-state index in [1.54, 1.807) is 12.1 Å². The molecule has 116 valence electrons. The van der Waals surface area contributed by atoms with Gasteiger partial charge in [-0.15, -0.1) is 0 Å². The van der Waals surface area contributed by atoms with Crippen LogP contribution in [0.4, 0.5) is 19.3 Å². The quantitative estimate of drug-likeness (QED) is 0.888. The molecule has 2 rings (SSSR count). The molecule has 0 bridgehead atoms. The third kappa shape index (κ3) is 4.53. The van der Waals surface area contributed by atoms with E-state index in [1.807, 2.05) is 0 Å². The van der Waals surface area contributed by atoms with Crippen LogP contribution >= 0.6 is 0 Å². The van der Waals surface area contributed by atoms with Gasteiger partial charge in [-0.2, -0.15) is 0 Å². The molecular formula is C16H16F2N2O2. The van der Waals surface area contributed by atoms with Crippen molar-refractivity contribution < 1.29 is 18.3 Å². The minimum atomic E-state index is -0.463. The molecule has 4 nitrogen and oxygen atoms in total. The number of nitrogens with one attached hydrogen (secondary N) is 2. The summed E-state index contributed by atoms with van der Waals surface area (Å²) in [5, 5.41) is 5.19. The van der Waals surface area contributed by atoms with Crippen LogP contribution in [0.5, 0.6) is 0 Å². The maximum Gasteiger partial charge on any atom is 0.319 e. The van der Waals surface area contributed by atoms with E-state index in [9.17, 15) is 13.6 Å². The van der Waals surface area contributed by atoms with E-state index >= 15 is 0 Å². The third-order valence-electron chi connectivity index (χ3n) is 3.06. The minimum Gasteiger partial charge on any atom is -0.375 e. The van der Waals surface area contributed by atoms with Crippen molar-refractivity contribution in [2.45, 2.75) is 6.10 Å². The molecule has 22 heavy (non-hydrogen) atoms. The second-order valence-electron chi connectivity index (χ2n) is 4.62. The number of amides is 2. The number of anilines is 1. The van der Waals surface area contributed by atoms with Gasteiger partial charge in [0.05, 0.1) is 6.10 Å². The van der Waals surface area contributed by atoms with Crippen LogP contribution in [0.2, 0.25) is 0 Å². The molecule has 2 N–H and O–H groups in total. The van der Waals surface area contributed by atoms with Crippen molar-refractivity contribution in [2.75, 3.05) is 19.0 Å². The SMILES string of the molecule is CO[C@@H](CNC(=O)Nc1ccc(F)cc1)c1cccc(F)c1. The summed E-state index contributed by atoms with van der Waals surface area (Å²) < 4.78 is 31.2. The molecule has 2 aromatic rings. The van der Waals surface area contributed by atoms with Crippen molar-refractivity contribution in [1.82, 2.24) is 5.32 Å². The van der Waals surface area contributed by atoms with Gasteiger partial charge in [0.15, 0.2) is 0 Å². The first-order valence-electron chi connectivity index (χ1n) is 6.67. The van der Waals surface area contributed by atoms with Gasteiger partial charge >= 0.3 is 6.03 Å². The number of hydrogen-bond donors (Lipinski definition) is 2. The number of ether oxygens (including phenoxy) is 1. The lowest BCUT2D eigenvalue weighted by Crippen LogP contribution is -2.32. The Morgan fingerprint density at radius 1 is 1.14 bits per heavy atom. The predicted molar refractivity (Wildman–Crippen MR) is 79.6 cm³/mol. The van der Waals surface area contributed by atoms with E-state index in [0.29, 0.717) is 11.3 Å². The number of hydrogen-bond acceptors (Lipinski definition) is 2. The fourth-order valence-electron chi connectivity index (χ4n) is 1.94. The Hall–Kier alpha value is -2.47. The summed E-state index contributed by atoms with van der Waals surface area (Å²) in [6.07, 6.45) is -0.463. The number of rotatable bonds is 5. The van der Waals surface area contributed by atoms with E-state index in [-0.39, 0.29) is 18.2 Å². The maximum atomic E-state index is 13.2. The Labute approximate surface area is 127 Å². The summed E-state index contributed by atoms with van der Waals surface area (Å²) in [6.45, 7) is 0.174. The average Bonchev–Trinajstić information content (AvgIpc) is 2.50. The normalized spacial score (nSPS) is 11.8. The maximum absolute atomic E-state index is 13.2. The minimum absolute atomic E-state index is 0.174. The molecule has 0 aliphatic carbocycles. The van der Waals surface area contributed by atoms with Crippen LogP contribution in [0, 0.1) is 11.6 Å². The molecule has 2 amide bonds. The van der Waals surface area contributed by atoms with Crippen molar-refractivity contribution >= 4 is 11.7 Å². The van der Waals surface area contributed by atoms with Crippen LogP contribution in [0.1, 0.15) is 11.7 Å². The highest BCUT2D eigenvalue weighted by Crippen LogP contribution is 2.16. The second-order valence-corrected chi connectivity index (χ2v) is 4.62. The fraction of sp³-hybridized carbons (Fsp3) is 0.188. The highest BCUT2D eigenvalue weighted by molar-refractivity contribution is 5.89. The van der Waals surface area contributed by atoms with Gasteiger partial charge in [-0.1, -0.05) is 12.1 Å². The zero-order valence-corrected chi connectivity index (χ0v) is 12.0. The number of carbonyl (C=O) groups excluding carboxylic acids is 1. The van der Waals surface area contributed by atoms with Crippen LogP contribution in [-0.2, 0) is 4.74 Å². The molecule has 2 aromatic carbocycles. The standard InChI is InChI=1S/C16H16F2N2O2/c1-22-15(11-3-2-4-13(18)9-11)10-19-16(21)20-14-7-5-12(17)6-8-14/h2-9,15H,10H2,1H3,(H2,19,20,21)/t15-/m0/s1.